The summed E-state index contributed by atoms with van der Waals surface area (Å²) in [6.07, 6.45) is 4.55. The number of aromatic nitrogens is 2. The highest BCUT2D eigenvalue weighted by Crippen LogP contribution is 2.21. The fourth-order valence-electron chi connectivity index (χ4n) is 0.875. The fourth-order valence-corrected chi connectivity index (χ4v) is 2.08. The number of hydrogen-bond acceptors (Lipinski definition) is 3. The van der Waals surface area contributed by atoms with E-state index in [-0.39, 0.29) is 10.9 Å². The molecule has 0 atom stereocenters. The number of nitrogens with one attached hydrogen (secondary N) is 2. The monoisotopic (exact) mass is 187 g/mol. The fraction of sp³-hybridized carbons (Fsp3) is 0.500. The molecule has 1 aliphatic rings. The minimum atomic E-state index is -3.30. The average Bonchev–Trinajstić information content (AvgIpc) is 2.67. The van der Waals surface area contributed by atoms with Gasteiger partial charge in [0.25, 0.3) is 0 Å². The van der Waals surface area contributed by atoms with Crippen molar-refractivity contribution >= 4 is 10.0 Å². The molecule has 2 N–H and O–H groups in total. The summed E-state index contributed by atoms with van der Waals surface area (Å²) in [5.41, 5.74) is 0. The lowest BCUT2D eigenvalue weighted by molar-refractivity contribution is 0.581. The van der Waals surface area contributed by atoms with E-state index in [0.29, 0.717) is 0 Å². The van der Waals surface area contributed by atoms with Crippen LogP contribution in [0.25, 0.3) is 0 Å². The average molecular weight is 187 g/mol. The summed E-state index contributed by atoms with van der Waals surface area (Å²) >= 11 is 0. The first kappa shape index (κ1) is 7.75. The molecule has 0 amide bonds. The van der Waals surface area contributed by atoms with E-state index >= 15 is 0 Å². The second-order valence-electron chi connectivity index (χ2n) is 2.83. The van der Waals surface area contributed by atoms with Crippen molar-refractivity contribution in [2.75, 3.05) is 0 Å². The van der Waals surface area contributed by atoms with E-state index in [1.54, 1.807) is 0 Å². The molecule has 6 heteroatoms. The van der Waals surface area contributed by atoms with Gasteiger partial charge in [0.1, 0.15) is 4.90 Å². The normalized spacial score (nSPS) is 18.0. The van der Waals surface area contributed by atoms with Gasteiger partial charge in [0.15, 0.2) is 0 Å². The molecule has 5 nitrogen and oxygen atoms in total. The summed E-state index contributed by atoms with van der Waals surface area (Å²) in [6.45, 7) is 0. The Hall–Kier alpha value is -0.880. The Balaban J connectivity index is 2.20. The van der Waals surface area contributed by atoms with Gasteiger partial charge in [-0.3, -0.25) is 5.10 Å². The van der Waals surface area contributed by atoms with Gasteiger partial charge < -0.3 is 0 Å². The van der Waals surface area contributed by atoms with Gasteiger partial charge in [0.2, 0.25) is 10.0 Å². The van der Waals surface area contributed by atoms with Crippen molar-refractivity contribution in [3.63, 3.8) is 0 Å². The Kier molecular flexibility index (Phi) is 1.66. The number of hydrogen-bond donors (Lipinski definition) is 2. The quantitative estimate of drug-likeness (QED) is 0.691. The lowest BCUT2D eigenvalue weighted by Gasteiger charge is -2.00. The van der Waals surface area contributed by atoms with Crippen LogP contribution in [0.15, 0.2) is 17.3 Å². The zero-order valence-corrected chi connectivity index (χ0v) is 7.13. The molecule has 0 spiro atoms. The first-order valence-electron chi connectivity index (χ1n) is 3.69. The molecule has 12 heavy (non-hydrogen) atoms. The van der Waals surface area contributed by atoms with E-state index in [0.717, 1.165) is 12.8 Å². The highest BCUT2D eigenvalue weighted by atomic mass is 32.2. The molecule has 1 saturated carbocycles. The molecule has 0 radical (unpaired) electrons. The van der Waals surface area contributed by atoms with Crippen molar-refractivity contribution in [2.24, 2.45) is 0 Å². The van der Waals surface area contributed by atoms with Crippen LogP contribution in [0.4, 0.5) is 0 Å². The molecule has 0 unspecified atom stereocenters. The van der Waals surface area contributed by atoms with Crippen molar-refractivity contribution in [3.05, 3.63) is 12.4 Å². The molecule has 1 fully saturated rings. The van der Waals surface area contributed by atoms with Gasteiger partial charge in [-0.15, -0.1) is 0 Å². The van der Waals surface area contributed by atoms with Crippen LogP contribution in [-0.4, -0.2) is 24.7 Å². The molecular weight excluding hydrogens is 178 g/mol. The number of aromatic amines is 1. The van der Waals surface area contributed by atoms with E-state index in [1.165, 1.54) is 12.4 Å². The number of nitrogens with zero attached hydrogens (tertiary/aromatic N) is 1. The Morgan fingerprint density at radius 1 is 1.58 bits per heavy atom. The molecule has 2 rings (SSSR count). The third-order valence-corrected chi connectivity index (χ3v) is 3.17. The Bertz CT molecular complexity index is 352. The predicted octanol–water partition coefficient (Wildman–Crippen LogP) is -0.150. The first-order valence-corrected chi connectivity index (χ1v) is 5.18. The SMILES string of the molecule is O=S(=O)(NC1CC1)c1cn[nH]c1. The third-order valence-electron chi connectivity index (χ3n) is 1.68. The van der Waals surface area contributed by atoms with Crippen LogP contribution in [0, 0.1) is 0 Å². The highest BCUT2D eigenvalue weighted by molar-refractivity contribution is 7.89. The molecule has 1 aromatic rings. The zero-order valence-electron chi connectivity index (χ0n) is 6.32. The van der Waals surface area contributed by atoms with Gasteiger partial charge in [-0.2, -0.15) is 5.10 Å². The molecule has 1 heterocycles. The second-order valence-corrected chi connectivity index (χ2v) is 4.54. The summed E-state index contributed by atoms with van der Waals surface area (Å²) in [5, 5.41) is 6.03. The van der Waals surface area contributed by atoms with E-state index in [4.69, 9.17) is 0 Å². The zero-order chi connectivity index (χ0) is 8.60. The summed E-state index contributed by atoms with van der Waals surface area (Å²) in [4.78, 5) is 0.203. The maximum atomic E-state index is 11.4. The standard InChI is InChI=1S/C6H9N3O2S/c10-12(11,9-5-1-2-5)6-3-7-8-4-6/h3-5,9H,1-2H2,(H,7,8). The van der Waals surface area contributed by atoms with Crippen LogP contribution in [0.5, 0.6) is 0 Å². The minimum absolute atomic E-state index is 0.143. The van der Waals surface area contributed by atoms with Gasteiger partial charge in [0, 0.05) is 12.2 Å². The van der Waals surface area contributed by atoms with E-state index < -0.39 is 10.0 Å². The van der Waals surface area contributed by atoms with Gasteiger partial charge in [-0.25, -0.2) is 13.1 Å². The van der Waals surface area contributed by atoms with Crippen LogP contribution in [0.2, 0.25) is 0 Å². The van der Waals surface area contributed by atoms with E-state index in [2.05, 4.69) is 14.9 Å². The van der Waals surface area contributed by atoms with Crippen molar-refractivity contribution in [1.82, 2.24) is 14.9 Å². The predicted molar refractivity (Wildman–Crippen MR) is 41.9 cm³/mol. The molecule has 0 saturated heterocycles. The lowest BCUT2D eigenvalue weighted by atomic mass is 10.7. The van der Waals surface area contributed by atoms with E-state index in [1.807, 2.05) is 0 Å². The smallest absolute Gasteiger partial charge is 0.243 e. The topological polar surface area (TPSA) is 74.8 Å². The first-order chi connectivity index (χ1) is 5.68. The van der Waals surface area contributed by atoms with Gasteiger partial charge in [-0.05, 0) is 12.8 Å². The summed E-state index contributed by atoms with van der Waals surface area (Å²) in [6, 6.07) is 0.143. The minimum Gasteiger partial charge on any atom is -0.284 e. The Morgan fingerprint density at radius 3 is 2.83 bits per heavy atom. The maximum Gasteiger partial charge on any atom is 0.243 e. The molecule has 0 aliphatic heterocycles. The number of sulfonamides is 1. The van der Waals surface area contributed by atoms with Gasteiger partial charge >= 0.3 is 0 Å². The molecule has 66 valence electrons. The van der Waals surface area contributed by atoms with Crippen LogP contribution >= 0.6 is 0 Å². The van der Waals surface area contributed by atoms with Crippen molar-refractivity contribution in [2.45, 2.75) is 23.8 Å². The third kappa shape index (κ3) is 1.49. The highest BCUT2D eigenvalue weighted by Gasteiger charge is 2.28. The van der Waals surface area contributed by atoms with Crippen LogP contribution in [0.3, 0.4) is 0 Å². The van der Waals surface area contributed by atoms with Crippen LogP contribution in [0.1, 0.15) is 12.8 Å². The van der Waals surface area contributed by atoms with Crippen molar-refractivity contribution < 1.29 is 8.42 Å². The summed E-state index contributed by atoms with van der Waals surface area (Å²) in [5.74, 6) is 0. The molecule has 1 aromatic heterocycles. The molecule has 0 bridgehead atoms. The Labute approximate surface area is 70.2 Å². The molecule has 0 aromatic carbocycles. The van der Waals surface area contributed by atoms with Gasteiger partial charge in [-0.1, -0.05) is 0 Å². The van der Waals surface area contributed by atoms with Crippen LogP contribution < -0.4 is 4.72 Å². The number of H-pyrrole nitrogens is 1. The summed E-state index contributed by atoms with van der Waals surface area (Å²) in [7, 11) is -3.30. The lowest BCUT2D eigenvalue weighted by Crippen LogP contribution is -2.25. The Morgan fingerprint density at radius 2 is 2.33 bits per heavy atom. The molecular formula is C6H9N3O2S. The number of rotatable bonds is 3. The van der Waals surface area contributed by atoms with Crippen LogP contribution in [-0.2, 0) is 10.0 Å². The molecule has 1 aliphatic carbocycles. The van der Waals surface area contributed by atoms with Crippen molar-refractivity contribution in [3.8, 4) is 0 Å². The van der Waals surface area contributed by atoms with Gasteiger partial charge in [0.05, 0.1) is 6.20 Å². The second kappa shape index (κ2) is 2.56. The largest absolute Gasteiger partial charge is 0.284 e. The maximum absolute atomic E-state index is 11.4. The van der Waals surface area contributed by atoms with Crippen molar-refractivity contribution in [1.29, 1.82) is 0 Å². The summed E-state index contributed by atoms with van der Waals surface area (Å²) < 4.78 is 25.3. The van der Waals surface area contributed by atoms with E-state index in [9.17, 15) is 8.42 Å².